The Bertz CT molecular complexity index is 312. The van der Waals surface area contributed by atoms with Gasteiger partial charge in [0.25, 0.3) is 0 Å². The fourth-order valence-corrected chi connectivity index (χ4v) is 2.82. The van der Waals surface area contributed by atoms with Crippen LogP contribution in [0.5, 0.6) is 0 Å². The number of hydrogen-bond donors (Lipinski definition) is 2. The van der Waals surface area contributed by atoms with Crippen molar-refractivity contribution < 1.29 is 19.4 Å². The number of carboxylic acid groups (broad SMARTS) is 1. The first-order chi connectivity index (χ1) is 8.66. The summed E-state index contributed by atoms with van der Waals surface area (Å²) in [5.74, 6) is -1.26. The number of carboxylic acids is 1. The van der Waals surface area contributed by atoms with E-state index in [4.69, 9.17) is 9.84 Å². The molecule has 1 amide bonds. The standard InChI is InChI=1S/C13H21NO4/c15-12(14-8-11-5-2-6-18-11)9-3-1-4-10(7-9)13(16)17/h9-11H,1-8H2,(H,14,15)(H,16,17)/t9-,10-,11+/m1/s1. The quantitative estimate of drug-likeness (QED) is 0.790. The topological polar surface area (TPSA) is 75.6 Å². The van der Waals surface area contributed by atoms with Crippen molar-refractivity contribution in [3.05, 3.63) is 0 Å². The smallest absolute Gasteiger partial charge is 0.306 e. The molecule has 2 rings (SSSR count). The molecule has 102 valence electrons. The number of nitrogens with one attached hydrogen (secondary N) is 1. The second-order valence-electron chi connectivity index (χ2n) is 5.28. The number of aliphatic carboxylic acids is 1. The van der Waals surface area contributed by atoms with Gasteiger partial charge in [0.05, 0.1) is 12.0 Å². The third kappa shape index (κ3) is 3.45. The van der Waals surface area contributed by atoms with E-state index < -0.39 is 5.97 Å². The molecule has 0 aromatic carbocycles. The van der Waals surface area contributed by atoms with E-state index >= 15 is 0 Å². The van der Waals surface area contributed by atoms with Gasteiger partial charge in [-0.15, -0.1) is 0 Å². The lowest BCUT2D eigenvalue weighted by molar-refractivity contribution is -0.144. The number of carbonyl (C=O) groups is 2. The van der Waals surface area contributed by atoms with Gasteiger partial charge in [0.15, 0.2) is 0 Å². The van der Waals surface area contributed by atoms with E-state index in [9.17, 15) is 9.59 Å². The van der Waals surface area contributed by atoms with Gasteiger partial charge in [0.2, 0.25) is 5.91 Å². The molecule has 5 heteroatoms. The predicted octanol–water partition coefficient (Wildman–Crippen LogP) is 1.17. The molecule has 1 saturated carbocycles. The van der Waals surface area contributed by atoms with Crippen LogP contribution in [0.2, 0.25) is 0 Å². The van der Waals surface area contributed by atoms with E-state index in [2.05, 4.69) is 5.32 Å². The highest BCUT2D eigenvalue weighted by atomic mass is 16.5. The summed E-state index contributed by atoms with van der Waals surface area (Å²) in [7, 11) is 0. The Balaban J connectivity index is 1.75. The maximum absolute atomic E-state index is 12.0. The van der Waals surface area contributed by atoms with E-state index in [0.717, 1.165) is 32.3 Å². The average molecular weight is 255 g/mol. The highest BCUT2D eigenvalue weighted by Crippen LogP contribution is 2.29. The molecule has 1 aliphatic heterocycles. The predicted molar refractivity (Wildman–Crippen MR) is 65.1 cm³/mol. The first-order valence-electron chi connectivity index (χ1n) is 6.79. The fourth-order valence-electron chi connectivity index (χ4n) is 2.82. The van der Waals surface area contributed by atoms with Crippen molar-refractivity contribution in [2.45, 2.75) is 44.6 Å². The van der Waals surface area contributed by atoms with Gasteiger partial charge in [-0.05, 0) is 32.1 Å². The molecule has 3 atom stereocenters. The lowest BCUT2D eigenvalue weighted by atomic mass is 9.81. The summed E-state index contributed by atoms with van der Waals surface area (Å²) < 4.78 is 5.44. The van der Waals surface area contributed by atoms with Crippen molar-refractivity contribution in [2.75, 3.05) is 13.2 Å². The SMILES string of the molecule is O=C(O)[C@@H]1CCC[C@@H](C(=O)NC[C@@H]2CCCO2)C1. The lowest BCUT2D eigenvalue weighted by Gasteiger charge is -2.26. The van der Waals surface area contributed by atoms with Gasteiger partial charge in [-0.3, -0.25) is 9.59 Å². The van der Waals surface area contributed by atoms with Crippen LogP contribution >= 0.6 is 0 Å². The summed E-state index contributed by atoms with van der Waals surface area (Å²) in [5, 5.41) is 11.9. The van der Waals surface area contributed by atoms with Crippen LogP contribution in [0.4, 0.5) is 0 Å². The van der Waals surface area contributed by atoms with Gasteiger partial charge in [0.1, 0.15) is 0 Å². The van der Waals surface area contributed by atoms with E-state index in [1.807, 2.05) is 0 Å². The van der Waals surface area contributed by atoms with Crippen molar-refractivity contribution in [1.82, 2.24) is 5.32 Å². The number of hydrogen-bond acceptors (Lipinski definition) is 3. The molecule has 1 saturated heterocycles. The van der Waals surface area contributed by atoms with Crippen molar-refractivity contribution in [3.63, 3.8) is 0 Å². The Morgan fingerprint density at radius 2 is 1.94 bits per heavy atom. The third-order valence-electron chi connectivity index (χ3n) is 3.92. The van der Waals surface area contributed by atoms with Crippen LogP contribution in [-0.4, -0.2) is 36.2 Å². The van der Waals surface area contributed by atoms with E-state index in [0.29, 0.717) is 19.4 Å². The summed E-state index contributed by atoms with van der Waals surface area (Å²) in [4.78, 5) is 22.9. The zero-order valence-corrected chi connectivity index (χ0v) is 10.6. The first-order valence-corrected chi connectivity index (χ1v) is 6.79. The molecule has 0 radical (unpaired) electrons. The normalized spacial score (nSPS) is 32.1. The van der Waals surface area contributed by atoms with Crippen LogP contribution in [0.1, 0.15) is 38.5 Å². The summed E-state index contributed by atoms with van der Waals surface area (Å²) in [6, 6.07) is 0. The highest BCUT2D eigenvalue weighted by molar-refractivity contribution is 5.80. The Morgan fingerprint density at radius 1 is 1.17 bits per heavy atom. The van der Waals surface area contributed by atoms with Gasteiger partial charge < -0.3 is 15.2 Å². The molecule has 2 fully saturated rings. The Morgan fingerprint density at radius 3 is 2.61 bits per heavy atom. The molecule has 1 heterocycles. The molecule has 0 bridgehead atoms. The van der Waals surface area contributed by atoms with Gasteiger partial charge in [0, 0.05) is 19.1 Å². The largest absolute Gasteiger partial charge is 0.481 e. The zero-order chi connectivity index (χ0) is 13.0. The summed E-state index contributed by atoms with van der Waals surface area (Å²) in [6.45, 7) is 1.35. The maximum atomic E-state index is 12.0. The monoisotopic (exact) mass is 255 g/mol. The van der Waals surface area contributed by atoms with Crippen molar-refractivity contribution in [1.29, 1.82) is 0 Å². The van der Waals surface area contributed by atoms with E-state index in [1.165, 1.54) is 0 Å². The molecule has 0 aromatic heterocycles. The number of rotatable bonds is 4. The Labute approximate surface area is 107 Å². The number of carbonyl (C=O) groups excluding carboxylic acids is 1. The van der Waals surface area contributed by atoms with E-state index in [1.54, 1.807) is 0 Å². The average Bonchev–Trinajstić information content (AvgIpc) is 2.89. The minimum Gasteiger partial charge on any atom is -0.481 e. The van der Waals surface area contributed by atoms with Gasteiger partial charge in [-0.25, -0.2) is 0 Å². The van der Waals surface area contributed by atoms with Crippen molar-refractivity contribution >= 4 is 11.9 Å². The van der Waals surface area contributed by atoms with E-state index in [-0.39, 0.29) is 23.8 Å². The van der Waals surface area contributed by atoms with Crippen LogP contribution < -0.4 is 5.32 Å². The zero-order valence-electron chi connectivity index (χ0n) is 10.6. The highest BCUT2D eigenvalue weighted by Gasteiger charge is 2.31. The molecule has 5 nitrogen and oxygen atoms in total. The fraction of sp³-hybridized carbons (Fsp3) is 0.846. The molecule has 0 spiro atoms. The van der Waals surface area contributed by atoms with Crippen molar-refractivity contribution in [2.24, 2.45) is 11.8 Å². The second kappa shape index (κ2) is 6.18. The molecule has 0 unspecified atom stereocenters. The Hall–Kier alpha value is -1.10. The summed E-state index contributed by atoms with van der Waals surface area (Å²) >= 11 is 0. The Kier molecular flexibility index (Phi) is 4.58. The van der Waals surface area contributed by atoms with Crippen LogP contribution in [0.25, 0.3) is 0 Å². The van der Waals surface area contributed by atoms with Gasteiger partial charge >= 0.3 is 5.97 Å². The van der Waals surface area contributed by atoms with Crippen LogP contribution in [0, 0.1) is 11.8 Å². The van der Waals surface area contributed by atoms with Crippen LogP contribution in [0.15, 0.2) is 0 Å². The second-order valence-corrected chi connectivity index (χ2v) is 5.28. The number of ether oxygens (including phenoxy) is 1. The van der Waals surface area contributed by atoms with Crippen LogP contribution in [0.3, 0.4) is 0 Å². The summed E-state index contributed by atoms with van der Waals surface area (Å²) in [6.07, 6.45) is 5.02. The summed E-state index contributed by atoms with van der Waals surface area (Å²) in [5.41, 5.74) is 0. The molecular formula is C13H21NO4. The molecule has 18 heavy (non-hydrogen) atoms. The van der Waals surface area contributed by atoms with Gasteiger partial charge in [-0.2, -0.15) is 0 Å². The molecular weight excluding hydrogens is 234 g/mol. The van der Waals surface area contributed by atoms with Crippen LogP contribution in [-0.2, 0) is 14.3 Å². The van der Waals surface area contributed by atoms with Crippen molar-refractivity contribution in [3.8, 4) is 0 Å². The maximum Gasteiger partial charge on any atom is 0.306 e. The minimum absolute atomic E-state index is 0.00329. The van der Waals surface area contributed by atoms with Gasteiger partial charge in [-0.1, -0.05) is 6.42 Å². The molecule has 2 aliphatic rings. The first kappa shape index (κ1) is 13.3. The third-order valence-corrected chi connectivity index (χ3v) is 3.92. The molecule has 1 aliphatic carbocycles. The molecule has 0 aromatic rings. The molecule has 2 N–H and O–H groups in total. The lowest BCUT2D eigenvalue weighted by Crippen LogP contribution is -2.38. The number of amides is 1. The minimum atomic E-state index is -0.772.